The topological polar surface area (TPSA) is 97.5 Å². The minimum absolute atomic E-state index is 0.158. The Balaban J connectivity index is 1.31. The number of para-hydroxylation sites is 2. The number of H-pyrrole nitrogens is 1. The van der Waals surface area contributed by atoms with E-state index in [1.54, 1.807) is 34.1 Å². The van der Waals surface area contributed by atoms with Gasteiger partial charge in [-0.25, -0.2) is 4.79 Å². The molecule has 2 atom stereocenters. The highest BCUT2D eigenvalue weighted by atomic mass is 16.2. The number of urea groups is 1. The van der Waals surface area contributed by atoms with Gasteiger partial charge in [0.25, 0.3) is 5.91 Å². The number of piperazine rings is 1. The molecular formula is C30H31N5O3. The fraction of sp³-hybridized carbons (Fsp3) is 0.233. The van der Waals surface area contributed by atoms with Crippen LogP contribution in [0.25, 0.3) is 10.9 Å². The van der Waals surface area contributed by atoms with Gasteiger partial charge in [0.2, 0.25) is 5.91 Å². The highest BCUT2D eigenvalue weighted by Crippen LogP contribution is 2.21. The fourth-order valence-corrected chi connectivity index (χ4v) is 4.95. The van der Waals surface area contributed by atoms with Crippen LogP contribution in [0, 0.1) is 0 Å². The Morgan fingerprint density at radius 2 is 1.61 bits per heavy atom. The van der Waals surface area contributed by atoms with E-state index in [-0.39, 0.29) is 23.9 Å². The number of aromatic nitrogens is 1. The molecule has 194 valence electrons. The fourth-order valence-electron chi connectivity index (χ4n) is 4.95. The third-order valence-corrected chi connectivity index (χ3v) is 6.96. The van der Waals surface area contributed by atoms with Gasteiger partial charge in [-0.2, -0.15) is 0 Å². The lowest BCUT2D eigenvalue weighted by molar-refractivity contribution is -0.135. The second-order valence-corrected chi connectivity index (χ2v) is 9.58. The number of fused-ring (bicyclic) bond motifs is 1. The first-order chi connectivity index (χ1) is 18.5. The van der Waals surface area contributed by atoms with Crippen LogP contribution in [0.3, 0.4) is 0 Å². The van der Waals surface area contributed by atoms with Crippen molar-refractivity contribution in [2.45, 2.75) is 25.4 Å². The van der Waals surface area contributed by atoms with Crippen LogP contribution in [0.4, 0.5) is 10.5 Å². The first kappa shape index (κ1) is 25.1. The maximum atomic E-state index is 13.8. The van der Waals surface area contributed by atoms with E-state index in [0.29, 0.717) is 31.6 Å². The third-order valence-electron chi connectivity index (χ3n) is 6.96. The predicted octanol–water partition coefficient (Wildman–Crippen LogP) is 4.27. The van der Waals surface area contributed by atoms with Gasteiger partial charge in [0, 0.05) is 60.4 Å². The molecule has 1 fully saturated rings. The van der Waals surface area contributed by atoms with Crippen molar-refractivity contribution in [2.75, 3.05) is 25.0 Å². The molecule has 2 heterocycles. The zero-order valence-electron chi connectivity index (χ0n) is 21.3. The van der Waals surface area contributed by atoms with Gasteiger partial charge in [-0.05, 0) is 42.8 Å². The predicted molar refractivity (Wildman–Crippen MR) is 148 cm³/mol. The van der Waals surface area contributed by atoms with Crippen LogP contribution in [0.5, 0.6) is 0 Å². The summed E-state index contributed by atoms with van der Waals surface area (Å²) < 4.78 is 0. The molecule has 0 aliphatic carbocycles. The van der Waals surface area contributed by atoms with E-state index in [9.17, 15) is 14.4 Å². The number of benzene rings is 3. The summed E-state index contributed by atoms with van der Waals surface area (Å²) in [6.07, 6.45) is 2.25. The molecule has 3 aromatic carbocycles. The van der Waals surface area contributed by atoms with Gasteiger partial charge in [0.1, 0.15) is 6.04 Å². The third kappa shape index (κ3) is 5.54. The highest BCUT2D eigenvalue weighted by Gasteiger charge is 2.34. The van der Waals surface area contributed by atoms with E-state index in [1.807, 2.05) is 73.8 Å². The number of hydrogen-bond donors (Lipinski definition) is 3. The summed E-state index contributed by atoms with van der Waals surface area (Å²) >= 11 is 0. The number of nitrogens with one attached hydrogen (secondary N) is 3. The zero-order chi connectivity index (χ0) is 26.5. The molecule has 4 amide bonds. The van der Waals surface area contributed by atoms with Crippen LogP contribution in [0.15, 0.2) is 91.1 Å². The molecule has 1 aromatic heterocycles. The van der Waals surface area contributed by atoms with E-state index in [4.69, 9.17) is 0 Å². The normalized spacial score (nSPS) is 16.2. The van der Waals surface area contributed by atoms with Gasteiger partial charge in [-0.1, -0.05) is 54.6 Å². The number of anilines is 1. The monoisotopic (exact) mass is 509 g/mol. The molecule has 38 heavy (non-hydrogen) atoms. The molecule has 0 bridgehead atoms. The van der Waals surface area contributed by atoms with Crippen molar-refractivity contribution in [1.82, 2.24) is 20.1 Å². The van der Waals surface area contributed by atoms with Crippen molar-refractivity contribution in [3.63, 3.8) is 0 Å². The summed E-state index contributed by atoms with van der Waals surface area (Å²) in [5.74, 6) is -0.452. The molecule has 1 saturated heterocycles. The quantitative estimate of drug-likeness (QED) is 0.362. The van der Waals surface area contributed by atoms with E-state index >= 15 is 0 Å². The van der Waals surface area contributed by atoms with Crippen LogP contribution < -0.4 is 10.6 Å². The Morgan fingerprint density at radius 1 is 0.921 bits per heavy atom. The number of nitrogens with zero attached hydrogens (tertiary/aromatic N) is 2. The largest absolute Gasteiger partial charge is 0.361 e. The summed E-state index contributed by atoms with van der Waals surface area (Å²) in [5, 5.41) is 6.92. The molecule has 1 aliphatic rings. The number of rotatable bonds is 6. The molecular weight excluding hydrogens is 478 g/mol. The number of carbonyl (C=O) groups is 3. The maximum Gasteiger partial charge on any atom is 0.322 e. The molecule has 8 heteroatoms. The number of carbonyl (C=O) groups excluding carboxylic acids is 3. The second-order valence-electron chi connectivity index (χ2n) is 9.58. The van der Waals surface area contributed by atoms with Gasteiger partial charge in [-0.3, -0.25) is 9.59 Å². The van der Waals surface area contributed by atoms with Crippen molar-refractivity contribution in [2.24, 2.45) is 0 Å². The lowest BCUT2D eigenvalue weighted by atomic mass is 10.0. The van der Waals surface area contributed by atoms with Crippen LogP contribution in [-0.4, -0.2) is 64.3 Å². The van der Waals surface area contributed by atoms with E-state index in [2.05, 4.69) is 15.6 Å². The number of aromatic amines is 1. The van der Waals surface area contributed by atoms with Crippen molar-refractivity contribution in [3.8, 4) is 0 Å². The summed E-state index contributed by atoms with van der Waals surface area (Å²) in [6, 6.07) is 25.0. The maximum absolute atomic E-state index is 13.8. The Morgan fingerprint density at radius 3 is 2.34 bits per heavy atom. The Kier molecular flexibility index (Phi) is 7.40. The minimum atomic E-state index is -0.751. The first-order valence-corrected chi connectivity index (χ1v) is 12.8. The molecule has 1 aliphatic heterocycles. The number of hydrogen-bond acceptors (Lipinski definition) is 3. The lowest BCUT2D eigenvalue weighted by Crippen LogP contribution is -2.60. The van der Waals surface area contributed by atoms with Crippen LogP contribution in [-0.2, 0) is 11.2 Å². The Bertz CT molecular complexity index is 1420. The van der Waals surface area contributed by atoms with Gasteiger partial charge in [0.05, 0.1) is 0 Å². The second kappa shape index (κ2) is 11.2. The summed E-state index contributed by atoms with van der Waals surface area (Å²) in [4.78, 5) is 46.5. The molecule has 2 unspecified atom stereocenters. The van der Waals surface area contributed by atoms with E-state index in [1.165, 1.54) is 0 Å². The number of amides is 4. The van der Waals surface area contributed by atoms with Gasteiger partial charge in [0.15, 0.2) is 0 Å². The van der Waals surface area contributed by atoms with Gasteiger partial charge < -0.3 is 25.4 Å². The van der Waals surface area contributed by atoms with Crippen molar-refractivity contribution >= 4 is 34.4 Å². The first-order valence-electron chi connectivity index (χ1n) is 12.8. The standard InChI is InChI=1S/C30H31N5O3/c1-21-20-34(16-17-35(21)30(38)32-24-12-6-3-7-13-24)29(37)27(33-28(36)22-10-4-2-5-11-22)18-23-19-31-26-15-9-8-14-25(23)26/h2-15,19,21,27,31H,16-18,20H2,1H3,(H,32,38)(H,33,36). The molecule has 3 N–H and O–H groups in total. The molecule has 0 radical (unpaired) electrons. The molecule has 0 spiro atoms. The Labute approximate surface area is 221 Å². The Hall–Kier alpha value is -4.59. The van der Waals surface area contributed by atoms with Crippen LogP contribution >= 0.6 is 0 Å². The van der Waals surface area contributed by atoms with Crippen molar-refractivity contribution in [1.29, 1.82) is 0 Å². The lowest BCUT2D eigenvalue weighted by Gasteiger charge is -2.41. The molecule has 4 aromatic rings. The smallest absolute Gasteiger partial charge is 0.322 e. The molecule has 5 rings (SSSR count). The SMILES string of the molecule is CC1CN(C(=O)C(Cc2c[nH]c3ccccc23)NC(=O)c2ccccc2)CCN1C(=O)Nc1ccccc1. The van der Waals surface area contributed by atoms with E-state index < -0.39 is 6.04 Å². The average molecular weight is 510 g/mol. The summed E-state index contributed by atoms with van der Waals surface area (Å²) in [7, 11) is 0. The summed E-state index contributed by atoms with van der Waals surface area (Å²) in [6.45, 7) is 3.10. The van der Waals surface area contributed by atoms with Crippen molar-refractivity contribution < 1.29 is 14.4 Å². The minimum Gasteiger partial charge on any atom is -0.361 e. The molecule has 8 nitrogen and oxygen atoms in total. The van der Waals surface area contributed by atoms with E-state index in [0.717, 1.165) is 22.2 Å². The average Bonchev–Trinajstić information content (AvgIpc) is 3.36. The molecule has 0 saturated carbocycles. The zero-order valence-corrected chi connectivity index (χ0v) is 21.3. The van der Waals surface area contributed by atoms with Crippen molar-refractivity contribution in [3.05, 3.63) is 102 Å². The summed E-state index contributed by atoms with van der Waals surface area (Å²) in [5.41, 5.74) is 3.17. The van der Waals surface area contributed by atoms with Gasteiger partial charge in [-0.15, -0.1) is 0 Å². The van der Waals surface area contributed by atoms with Gasteiger partial charge >= 0.3 is 6.03 Å². The van der Waals surface area contributed by atoms with Crippen LogP contribution in [0.1, 0.15) is 22.8 Å². The highest BCUT2D eigenvalue weighted by molar-refractivity contribution is 5.98. The van der Waals surface area contributed by atoms with Crippen LogP contribution in [0.2, 0.25) is 0 Å².